The van der Waals surface area contributed by atoms with E-state index in [1.165, 1.54) is 61.9 Å². The number of nitrogens with one attached hydrogen (secondary N) is 1. The molecule has 174 valence electrons. The van der Waals surface area contributed by atoms with E-state index in [4.69, 9.17) is 4.74 Å². The maximum Gasteiger partial charge on any atom is 0.264 e. The highest BCUT2D eigenvalue weighted by Crippen LogP contribution is 2.31. The van der Waals surface area contributed by atoms with Gasteiger partial charge < -0.3 is 4.74 Å². The second kappa shape index (κ2) is 9.62. The first-order valence-electron chi connectivity index (χ1n) is 10.0. The minimum Gasteiger partial charge on any atom is -0.495 e. The van der Waals surface area contributed by atoms with Gasteiger partial charge in [-0.25, -0.2) is 17.8 Å². The zero-order valence-electron chi connectivity index (χ0n) is 18.2. The molecule has 7 nitrogen and oxygen atoms in total. The van der Waals surface area contributed by atoms with Gasteiger partial charge in [-0.05, 0) is 48.5 Å². The summed E-state index contributed by atoms with van der Waals surface area (Å²) in [6, 6.07) is 18.4. The van der Waals surface area contributed by atoms with Crippen LogP contribution in [0.3, 0.4) is 0 Å². The van der Waals surface area contributed by atoms with Crippen LogP contribution in [0.15, 0.2) is 83.1 Å². The maximum atomic E-state index is 13.4. The average molecular weight is 498 g/mol. The zero-order chi connectivity index (χ0) is 24.3. The molecule has 1 aromatic heterocycles. The number of benzene rings is 3. The Hall–Kier alpha value is -3.76. The van der Waals surface area contributed by atoms with E-state index in [9.17, 15) is 17.6 Å². The number of anilines is 2. The van der Waals surface area contributed by atoms with Gasteiger partial charge in [0.15, 0.2) is 5.13 Å². The summed E-state index contributed by atoms with van der Waals surface area (Å²) in [5.41, 5.74) is 1.80. The molecule has 0 radical (unpaired) electrons. The number of carbonyl (C=O) groups excluding carboxylic acids is 1. The van der Waals surface area contributed by atoms with E-state index in [0.29, 0.717) is 27.8 Å². The molecule has 1 amide bonds. The molecule has 1 N–H and O–H groups in total. The average Bonchev–Trinajstić information content (AvgIpc) is 3.32. The van der Waals surface area contributed by atoms with Crippen molar-refractivity contribution in [1.82, 2.24) is 4.98 Å². The molecule has 0 saturated carbocycles. The third-order valence-electron chi connectivity index (χ3n) is 5.04. The highest BCUT2D eigenvalue weighted by Gasteiger charge is 2.24. The van der Waals surface area contributed by atoms with Crippen molar-refractivity contribution in [1.29, 1.82) is 0 Å². The van der Waals surface area contributed by atoms with Crippen molar-refractivity contribution >= 4 is 38.1 Å². The van der Waals surface area contributed by atoms with Crippen molar-refractivity contribution in [3.05, 3.63) is 89.6 Å². The van der Waals surface area contributed by atoms with Crippen molar-refractivity contribution in [2.75, 3.05) is 23.8 Å². The molecule has 0 saturated heterocycles. The van der Waals surface area contributed by atoms with E-state index in [0.717, 1.165) is 4.31 Å². The number of para-hydroxylation sites is 2. The van der Waals surface area contributed by atoms with Crippen molar-refractivity contribution in [2.24, 2.45) is 0 Å². The van der Waals surface area contributed by atoms with Gasteiger partial charge in [0.25, 0.3) is 15.9 Å². The number of hydrogen-bond acceptors (Lipinski definition) is 6. The minimum absolute atomic E-state index is 0.0279. The second-order valence-electron chi connectivity index (χ2n) is 7.17. The van der Waals surface area contributed by atoms with Gasteiger partial charge in [0.2, 0.25) is 0 Å². The maximum absolute atomic E-state index is 13.4. The molecule has 34 heavy (non-hydrogen) atoms. The van der Waals surface area contributed by atoms with Crippen LogP contribution in [0.5, 0.6) is 5.75 Å². The Morgan fingerprint density at radius 2 is 1.79 bits per heavy atom. The summed E-state index contributed by atoms with van der Waals surface area (Å²) in [5, 5.41) is 4.74. The van der Waals surface area contributed by atoms with Crippen molar-refractivity contribution in [3.8, 4) is 17.0 Å². The summed E-state index contributed by atoms with van der Waals surface area (Å²) in [6.07, 6.45) is 0. The predicted octanol–water partition coefficient (Wildman–Crippen LogP) is 5.04. The van der Waals surface area contributed by atoms with Crippen LogP contribution in [0.25, 0.3) is 11.3 Å². The standard InChI is InChI=1S/C24H20FN3O4S2/c1-28(21-8-3-4-9-22(21)32-2)34(30,31)19-12-10-16(11-13-19)23(29)27-24-26-20(15-33-24)17-6-5-7-18(25)14-17/h3-15H,1-2H3,(H,26,27,29). The number of nitrogens with zero attached hydrogens (tertiary/aromatic N) is 2. The summed E-state index contributed by atoms with van der Waals surface area (Å²) < 4.78 is 46.0. The van der Waals surface area contributed by atoms with Gasteiger partial charge in [-0.15, -0.1) is 11.3 Å². The van der Waals surface area contributed by atoms with Crippen LogP contribution < -0.4 is 14.4 Å². The first kappa shape index (κ1) is 23.4. The SMILES string of the molecule is COc1ccccc1N(C)S(=O)(=O)c1ccc(C(=O)Nc2nc(-c3cccc(F)c3)cs2)cc1. The highest BCUT2D eigenvalue weighted by molar-refractivity contribution is 7.92. The van der Waals surface area contributed by atoms with Crippen LogP contribution >= 0.6 is 11.3 Å². The van der Waals surface area contributed by atoms with Gasteiger partial charge in [0, 0.05) is 23.6 Å². The largest absolute Gasteiger partial charge is 0.495 e. The van der Waals surface area contributed by atoms with Gasteiger partial charge >= 0.3 is 0 Å². The Kier molecular flexibility index (Phi) is 6.62. The number of rotatable bonds is 7. The number of thiazole rings is 1. The first-order chi connectivity index (χ1) is 16.3. The van der Waals surface area contributed by atoms with Crippen LogP contribution in [-0.4, -0.2) is 33.5 Å². The van der Waals surface area contributed by atoms with E-state index < -0.39 is 15.9 Å². The van der Waals surface area contributed by atoms with Crippen molar-refractivity contribution in [2.45, 2.75) is 4.90 Å². The fourth-order valence-corrected chi connectivity index (χ4v) is 5.16. The normalized spacial score (nSPS) is 11.1. The molecule has 10 heteroatoms. The van der Waals surface area contributed by atoms with Crippen LogP contribution in [0.2, 0.25) is 0 Å². The zero-order valence-corrected chi connectivity index (χ0v) is 19.9. The highest BCUT2D eigenvalue weighted by atomic mass is 32.2. The van der Waals surface area contributed by atoms with Crippen LogP contribution in [-0.2, 0) is 10.0 Å². The minimum atomic E-state index is -3.88. The molecule has 3 aromatic carbocycles. The number of methoxy groups -OCH3 is 1. The van der Waals surface area contributed by atoms with Crippen LogP contribution in [0, 0.1) is 5.82 Å². The summed E-state index contributed by atoms with van der Waals surface area (Å²) in [5.74, 6) is -0.393. The number of carbonyl (C=O) groups is 1. The van der Waals surface area contributed by atoms with E-state index in [-0.39, 0.29) is 16.3 Å². The molecule has 4 rings (SSSR count). The third kappa shape index (κ3) is 4.78. The van der Waals surface area contributed by atoms with Crippen LogP contribution in [0.4, 0.5) is 15.2 Å². The molecule has 0 spiro atoms. The Morgan fingerprint density at radius 3 is 2.50 bits per heavy atom. The number of halogens is 1. The lowest BCUT2D eigenvalue weighted by Gasteiger charge is -2.21. The number of aromatic nitrogens is 1. The Labute approximate surface area is 200 Å². The number of amides is 1. The molecular weight excluding hydrogens is 477 g/mol. The third-order valence-corrected chi connectivity index (χ3v) is 7.59. The second-order valence-corrected chi connectivity index (χ2v) is 10.00. The summed E-state index contributed by atoms with van der Waals surface area (Å²) in [7, 11) is -0.971. The smallest absolute Gasteiger partial charge is 0.264 e. The van der Waals surface area contributed by atoms with Gasteiger partial charge in [0.1, 0.15) is 11.6 Å². The monoisotopic (exact) mass is 497 g/mol. The number of sulfonamides is 1. The van der Waals surface area contributed by atoms with Gasteiger partial charge in [-0.1, -0.05) is 24.3 Å². The fraction of sp³-hybridized carbons (Fsp3) is 0.0833. The van der Waals surface area contributed by atoms with Crippen molar-refractivity contribution < 1.29 is 22.3 Å². The molecule has 1 heterocycles. The molecule has 0 aliphatic rings. The molecule has 0 unspecified atom stereocenters. The quantitative estimate of drug-likeness (QED) is 0.387. The van der Waals surface area contributed by atoms with Gasteiger partial charge in [-0.2, -0.15) is 0 Å². The molecule has 0 fully saturated rings. The van der Waals surface area contributed by atoms with Crippen molar-refractivity contribution in [3.63, 3.8) is 0 Å². The summed E-state index contributed by atoms with van der Waals surface area (Å²) in [4.78, 5) is 17.0. The Balaban J connectivity index is 1.49. The Morgan fingerprint density at radius 1 is 1.06 bits per heavy atom. The van der Waals surface area contributed by atoms with E-state index in [2.05, 4.69) is 10.3 Å². The van der Waals surface area contributed by atoms with Crippen LogP contribution in [0.1, 0.15) is 10.4 Å². The molecule has 0 atom stereocenters. The lowest BCUT2D eigenvalue weighted by atomic mass is 10.2. The summed E-state index contributed by atoms with van der Waals surface area (Å²) >= 11 is 1.21. The Bertz CT molecular complexity index is 1440. The number of hydrogen-bond donors (Lipinski definition) is 1. The molecular formula is C24H20FN3O4S2. The number of ether oxygens (including phenoxy) is 1. The molecule has 0 bridgehead atoms. The topological polar surface area (TPSA) is 88.6 Å². The van der Waals surface area contributed by atoms with E-state index in [1.807, 2.05) is 0 Å². The van der Waals surface area contributed by atoms with E-state index in [1.54, 1.807) is 41.8 Å². The van der Waals surface area contributed by atoms with Gasteiger partial charge in [0.05, 0.1) is 23.4 Å². The lowest BCUT2D eigenvalue weighted by Crippen LogP contribution is -2.27. The molecule has 4 aromatic rings. The first-order valence-corrected chi connectivity index (χ1v) is 12.4. The van der Waals surface area contributed by atoms with Gasteiger partial charge in [-0.3, -0.25) is 14.4 Å². The predicted molar refractivity (Wildman–Crippen MR) is 130 cm³/mol. The lowest BCUT2D eigenvalue weighted by molar-refractivity contribution is 0.102. The summed E-state index contributed by atoms with van der Waals surface area (Å²) in [6.45, 7) is 0. The molecule has 0 aliphatic carbocycles. The van der Waals surface area contributed by atoms with E-state index >= 15 is 0 Å². The fourth-order valence-electron chi connectivity index (χ4n) is 3.24. The molecule has 0 aliphatic heterocycles.